The fourth-order valence-electron chi connectivity index (χ4n) is 2.60. The summed E-state index contributed by atoms with van der Waals surface area (Å²) in [6.45, 7) is 4.80. The third kappa shape index (κ3) is 4.85. The second-order valence-electron chi connectivity index (χ2n) is 5.75. The number of carbonyl (C=O) groups excluding carboxylic acids is 2. The van der Waals surface area contributed by atoms with E-state index < -0.39 is 0 Å². The highest BCUT2D eigenvalue weighted by atomic mass is 16.5. The first-order valence-corrected chi connectivity index (χ1v) is 8.55. The maximum absolute atomic E-state index is 12.0. The van der Waals surface area contributed by atoms with Crippen LogP contribution in [0.3, 0.4) is 0 Å². The fraction of sp³-hybridized carbons (Fsp3) is 0.474. The zero-order valence-corrected chi connectivity index (χ0v) is 14.4. The summed E-state index contributed by atoms with van der Waals surface area (Å²) in [7, 11) is 0. The molecule has 0 atom stereocenters. The Balaban J connectivity index is 2.14. The Morgan fingerprint density at radius 3 is 2.38 bits per heavy atom. The molecule has 0 amide bonds. The number of fused-ring (bicyclic) bond motifs is 1. The summed E-state index contributed by atoms with van der Waals surface area (Å²) in [5, 5.41) is 1.00. The van der Waals surface area contributed by atoms with E-state index in [0.717, 1.165) is 35.0 Å². The van der Waals surface area contributed by atoms with Gasteiger partial charge in [0.25, 0.3) is 0 Å². The number of aryl methyl sites for hydroxylation is 1. The summed E-state index contributed by atoms with van der Waals surface area (Å²) in [4.78, 5) is 27.1. The Kier molecular flexibility index (Phi) is 6.85. The minimum Gasteiger partial charge on any atom is -0.466 e. The molecule has 2 rings (SSSR count). The van der Waals surface area contributed by atoms with E-state index in [1.54, 1.807) is 0 Å². The molecule has 0 aliphatic carbocycles. The molecule has 0 radical (unpaired) electrons. The van der Waals surface area contributed by atoms with E-state index in [9.17, 15) is 9.59 Å². The average Bonchev–Trinajstić information content (AvgIpc) is 2.94. The van der Waals surface area contributed by atoms with Crippen LogP contribution in [0.2, 0.25) is 0 Å². The molecule has 1 aromatic heterocycles. The Bertz CT molecular complexity index is 690. The number of hydrogen-bond acceptors (Lipinski definition) is 4. The van der Waals surface area contributed by atoms with E-state index in [1.165, 1.54) is 0 Å². The third-order valence-electron chi connectivity index (χ3n) is 3.74. The number of esters is 2. The Hall–Kier alpha value is -2.30. The summed E-state index contributed by atoms with van der Waals surface area (Å²) < 4.78 is 10.3. The normalized spacial score (nSPS) is 10.8. The highest BCUT2D eigenvalue weighted by Gasteiger charge is 2.16. The lowest BCUT2D eigenvalue weighted by Crippen LogP contribution is -2.11. The van der Waals surface area contributed by atoms with Gasteiger partial charge in [-0.25, -0.2) is 0 Å². The van der Waals surface area contributed by atoms with Gasteiger partial charge in [-0.15, -0.1) is 0 Å². The molecule has 0 saturated carbocycles. The second kappa shape index (κ2) is 9.11. The number of hydrogen-bond donors (Lipinski definition) is 1. The number of aromatic nitrogens is 1. The summed E-state index contributed by atoms with van der Waals surface area (Å²) in [5.74, 6) is -0.452. The molecule has 0 unspecified atom stereocenters. The number of para-hydroxylation sites is 1. The molecular formula is C19H25NO4. The Morgan fingerprint density at radius 2 is 1.67 bits per heavy atom. The molecule has 1 N–H and O–H groups in total. The van der Waals surface area contributed by atoms with E-state index in [2.05, 4.69) is 4.98 Å². The maximum atomic E-state index is 12.0. The first kappa shape index (κ1) is 18.0. The van der Waals surface area contributed by atoms with E-state index in [1.807, 2.05) is 38.1 Å². The number of nitrogens with one attached hydrogen (secondary N) is 1. The van der Waals surface area contributed by atoms with Crippen LogP contribution in [0, 0.1) is 0 Å². The number of H-pyrrole nitrogens is 1. The number of rotatable bonds is 9. The zero-order valence-electron chi connectivity index (χ0n) is 14.4. The van der Waals surface area contributed by atoms with Gasteiger partial charge in [0.15, 0.2) is 0 Å². The molecule has 0 spiro atoms. The third-order valence-corrected chi connectivity index (χ3v) is 3.74. The highest BCUT2D eigenvalue weighted by molar-refractivity contribution is 5.89. The van der Waals surface area contributed by atoms with E-state index in [4.69, 9.17) is 9.47 Å². The van der Waals surface area contributed by atoms with Crippen LogP contribution in [0.1, 0.15) is 44.4 Å². The van der Waals surface area contributed by atoms with Crippen molar-refractivity contribution in [2.75, 3.05) is 13.2 Å². The number of carbonyl (C=O) groups is 2. The molecule has 24 heavy (non-hydrogen) atoms. The number of ether oxygens (including phenoxy) is 2. The molecule has 5 nitrogen and oxygen atoms in total. The minimum absolute atomic E-state index is 0.212. The predicted octanol–water partition coefficient (Wildman–Crippen LogP) is 3.55. The largest absolute Gasteiger partial charge is 0.466 e. The van der Waals surface area contributed by atoms with Crippen molar-refractivity contribution in [3.05, 3.63) is 35.5 Å². The smallest absolute Gasteiger partial charge is 0.310 e. The van der Waals surface area contributed by atoms with Gasteiger partial charge in [-0.3, -0.25) is 9.59 Å². The van der Waals surface area contributed by atoms with Crippen LogP contribution in [0.4, 0.5) is 0 Å². The highest BCUT2D eigenvalue weighted by Crippen LogP contribution is 2.24. The van der Waals surface area contributed by atoms with Gasteiger partial charge in [-0.05, 0) is 30.9 Å². The minimum atomic E-state index is -0.239. The van der Waals surface area contributed by atoms with Crippen molar-refractivity contribution in [1.82, 2.24) is 4.98 Å². The molecule has 0 fully saturated rings. The van der Waals surface area contributed by atoms with Crippen molar-refractivity contribution < 1.29 is 19.1 Å². The van der Waals surface area contributed by atoms with Crippen LogP contribution in [0.15, 0.2) is 24.3 Å². The average molecular weight is 331 g/mol. The van der Waals surface area contributed by atoms with Crippen molar-refractivity contribution in [2.45, 2.75) is 46.0 Å². The molecule has 0 aliphatic rings. The van der Waals surface area contributed by atoms with Gasteiger partial charge in [0.05, 0.1) is 26.1 Å². The van der Waals surface area contributed by atoms with Crippen LogP contribution in [0.5, 0.6) is 0 Å². The van der Waals surface area contributed by atoms with Gasteiger partial charge in [-0.2, -0.15) is 0 Å². The van der Waals surface area contributed by atoms with Gasteiger partial charge in [0.1, 0.15) is 0 Å². The van der Waals surface area contributed by atoms with E-state index in [0.29, 0.717) is 26.1 Å². The Labute approximate surface area is 142 Å². The van der Waals surface area contributed by atoms with Gasteiger partial charge >= 0.3 is 11.9 Å². The van der Waals surface area contributed by atoms with Crippen LogP contribution in [-0.2, 0) is 31.9 Å². The first-order valence-electron chi connectivity index (χ1n) is 8.55. The van der Waals surface area contributed by atoms with Crippen LogP contribution in [0.25, 0.3) is 10.9 Å². The van der Waals surface area contributed by atoms with Gasteiger partial charge in [0.2, 0.25) is 0 Å². The molecular weight excluding hydrogens is 306 g/mol. The van der Waals surface area contributed by atoms with E-state index in [-0.39, 0.29) is 18.4 Å². The predicted molar refractivity (Wildman–Crippen MR) is 92.8 cm³/mol. The van der Waals surface area contributed by atoms with Crippen LogP contribution in [-0.4, -0.2) is 30.1 Å². The lowest BCUT2D eigenvalue weighted by molar-refractivity contribution is -0.144. The van der Waals surface area contributed by atoms with Crippen molar-refractivity contribution in [1.29, 1.82) is 0 Å². The van der Waals surface area contributed by atoms with Crippen molar-refractivity contribution in [3.63, 3.8) is 0 Å². The summed E-state index contributed by atoms with van der Waals surface area (Å²) in [5.41, 5.74) is 2.78. The Morgan fingerprint density at radius 1 is 1.00 bits per heavy atom. The SMILES string of the molecule is CCCOC(=O)CCc1[nH]c2ccccc2c1CC(=O)OCCC. The summed E-state index contributed by atoms with van der Waals surface area (Å²) in [6, 6.07) is 7.83. The molecule has 5 heteroatoms. The molecule has 0 saturated heterocycles. The van der Waals surface area contributed by atoms with Gasteiger partial charge in [-0.1, -0.05) is 32.0 Å². The molecule has 1 aromatic carbocycles. The summed E-state index contributed by atoms with van der Waals surface area (Å²) in [6.07, 6.45) is 2.64. The lowest BCUT2D eigenvalue weighted by Gasteiger charge is -2.06. The van der Waals surface area contributed by atoms with Crippen LogP contribution < -0.4 is 0 Å². The number of benzene rings is 1. The first-order chi connectivity index (χ1) is 11.7. The molecule has 1 heterocycles. The molecule has 0 aliphatic heterocycles. The molecule has 130 valence electrons. The fourth-order valence-corrected chi connectivity index (χ4v) is 2.60. The van der Waals surface area contributed by atoms with Crippen molar-refractivity contribution in [2.24, 2.45) is 0 Å². The van der Waals surface area contributed by atoms with Crippen LogP contribution >= 0.6 is 0 Å². The second-order valence-corrected chi connectivity index (χ2v) is 5.75. The molecule has 2 aromatic rings. The van der Waals surface area contributed by atoms with Gasteiger partial charge < -0.3 is 14.5 Å². The lowest BCUT2D eigenvalue weighted by atomic mass is 10.0. The van der Waals surface area contributed by atoms with Crippen molar-refractivity contribution in [3.8, 4) is 0 Å². The summed E-state index contributed by atoms with van der Waals surface area (Å²) >= 11 is 0. The quantitative estimate of drug-likeness (QED) is 0.714. The topological polar surface area (TPSA) is 68.4 Å². The number of aromatic amines is 1. The standard InChI is InChI=1S/C19H25NO4/c1-3-11-23-18(21)10-9-17-15(13-19(22)24-12-4-2)14-7-5-6-8-16(14)20-17/h5-8,20H,3-4,9-13H2,1-2H3. The maximum Gasteiger partial charge on any atom is 0.310 e. The van der Waals surface area contributed by atoms with E-state index >= 15 is 0 Å². The monoisotopic (exact) mass is 331 g/mol. The van der Waals surface area contributed by atoms with Gasteiger partial charge in [0, 0.05) is 16.6 Å². The zero-order chi connectivity index (χ0) is 17.4. The molecule has 0 bridgehead atoms. The van der Waals surface area contributed by atoms with Crippen molar-refractivity contribution >= 4 is 22.8 Å².